The number of anilines is 1. The topological polar surface area (TPSA) is 122 Å². The highest BCUT2D eigenvalue weighted by atomic mass is 35.5. The Morgan fingerprint density at radius 2 is 2.17 bits per heavy atom. The van der Waals surface area contributed by atoms with Gasteiger partial charge in [-0.3, -0.25) is 4.79 Å². The Morgan fingerprint density at radius 1 is 1.31 bits per heavy atom. The first kappa shape index (κ1) is 19.1. The van der Waals surface area contributed by atoms with Crippen molar-refractivity contribution >= 4 is 41.3 Å². The number of halogens is 1. The molecule has 0 bridgehead atoms. The largest absolute Gasteiger partial charge is 0.507 e. The fourth-order valence-corrected chi connectivity index (χ4v) is 3.31. The fourth-order valence-electron chi connectivity index (χ4n) is 2.44. The molecule has 3 N–H and O–H groups in total. The van der Waals surface area contributed by atoms with Gasteiger partial charge in [0.1, 0.15) is 5.75 Å². The minimum absolute atomic E-state index is 0.0517. The van der Waals surface area contributed by atoms with Crippen molar-refractivity contribution < 1.29 is 19.4 Å². The molecule has 1 aromatic heterocycles. The van der Waals surface area contributed by atoms with Gasteiger partial charge < -0.3 is 14.6 Å². The quantitative estimate of drug-likeness (QED) is 0.225. The van der Waals surface area contributed by atoms with E-state index in [9.17, 15) is 9.90 Å². The molecule has 0 amide bonds. The summed E-state index contributed by atoms with van der Waals surface area (Å²) < 4.78 is 10.5. The van der Waals surface area contributed by atoms with E-state index in [1.54, 1.807) is 30.3 Å². The molecule has 3 aromatic rings. The molecule has 148 valence electrons. The summed E-state index contributed by atoms with van der Waals surface area (Å²) in [4.78, 5) is 16.5. The number of Topliss-reactive ketones (excluding diaryl/α,β-unsaturated/α-hetero) is 1. The highest BCUT2D eigenvalue weighted by Crippen LogP contribution is 2.33. The summed E-state index contributed by atoms with van der Waals surface area (Å²) in [5, 5.41) is 21.3. The summed E-state index contributed by atoms with van der Waals surface area (Å²) in [7, 11) is 0. The van der Waals surface area contributed by atoms with E-state index in [1.807, 2.05) is 0 Å². The molecule has 0 aliphatic carbocycles. The molecule has 0 fully saturated rings. The van der Waals surface area contributed by atoms with Crippen molar-refractivity contribution in [3.63, 3.8) is 0 Å². The van der Waals surface area contributed by atoms with Crippen LogP contribution in [-0.4, -0.2) is 44.8 Å². The lowest BCUT2D eigenvalue weighted by atomic mass is 10.1. The number of hydrazone groups is 1. The molecule has 4 rings (SSSR count). The van der Waals surface area contributed by atoms with E-state index in [4.69, 9.17) is 21.1 Å². The van der Waals surface area contributed by atoms with Crippen LogP contribution in [0, 0.1) is 0 Å². The van der Waals surface area contributed by atoms with E-state index < -0.39 is 0 Å². The van der Waals surface area contributed by atoms with Gasteiger partial charge in [-0.15, -0.1) is 5.10 Å². The van der Waals surface area contributed by atoms with E-state index >= 15 is 0 Å². The van der Waals surface area contributed by atoms with Gasteiger partial charge in [-0.05, 0) is 36.4 Å². The molecular formula is C18H14ClN5O4S. The first-order chi connectivity index (χ1) is 14.1. The molecule has 0 unspecified atom stereocenters. The minimum atomic E-state index is -0.0814. The number of aromatic nitrogens is 3. The normalized spacial score (nSPS) is 12.4. The highest BCUT2D eigenvalue weighted by Gasteiger charge is 2.17. The van der Waals surface area contributed by atoms with E-state index in [2.05, 4.69) is 25.7 Å². The molecule has 1 aliphatic rings. The molecule has 9 nitrogen and oxygen atoms in total. The van der Waals surface area contributed by atoms with Crippen LogP contribution in [0.5, 0.6) is 17.2 Å². The lowest BCUT2D eigenvalue weighted by Crippen LogP contribution is -2.02. The number of thioether (sulfide) groups is 1. The lowest BCUT2D eigenvalue weighted by Gasteiger charge is -2.01. The van der Waals surface area contributed by atoms with E-state index in [1.165, 1.54) is 24.0 Å². The molecule has 0 atom stereocenters. The zero-order chi connectivity index (χ0) is 20.2. The van der Waals surface area contributed by atoms with Crippen molar-refractivity contribution in [2.24, 2.45) is 5.10 Å². The van der Waals surface area contributed by atoms with E-state index in [-0.39, 0.29) is 24.1 Å². The number of hydrogen-bond donors (Lipinski definition) is 3. The number of ketones is 1. The van der Waals surface area contributed by atoms with Gasteiger partial charge in [0.25, 0.3) is 0 Å². The van der Waals surface area contributed by atoms with E-state index in [0.29, 0.717) is 38.8 Å². The minimum Gasteiger partial charge on any atom is -0.507 e. The number of ether oxygens (including phenoxy) is 2. The number of phenols is 1. The number of hydrogen-bond acceptors (Lipinski definition) is 9. The van der Waals surface area contributed by atoms with Gasteiger partial charge in [-0.25, -0.2) is 10.5 Å². The second-order valence-electron chi connectivity index (χ2n) is 5.82. The fraction of sp³-hybridized carbons (Fsp3) is 0.111. The number of rotatable bonds is 7. The Bertz CT molecular complexity index is 1090. The lowest BCUT2D eigenvalue weighted by molar-refractivity contribution is 0.102. The van der Waals surface area contributed by atoms with Gasteiger partial charge >= 0.3 is 0 Å². The monoisotopic (exact) mass is 431 g/mol. The predicted octanol–water partition coefficient (Wildman–Crippen LogP) is 3.31. The third kappa shape index (κ3) is 4.61. The van der Waals surface area contributed by atoms with Crippen LogP contribution in [0.2, 0.25) is 5.02 Å². The van der Waals surface area contributed by atoms with Gasteiger partial charge in [-0.1, -0.05) is 23.4 Å². The van der Waals surface area contributed by atoms with Crippen LogP contribution < -0.4 is 14.9 Å². The first-order valence-electron chi connectivity index (χ1n) is 8.34. The smallest absolute Gasteiger partial charge is 0.240 e. The third-order valence-corrected chi connectivity index (χ3v) is 4.94. The number of nitrogens with zero attached hydrogens (tertiary/aromatic N) is 3. The first-order valence-corrected chi connectivity index (χ1v) is 9.70. The van der Waals surface area contributed by atoms with Crippen LogP contribution in [-0.2, 0) is 0 Å². The Balaban J connectivity index is 1.31. The predicted molar refractivity (Wildman–Crippen MR) is 108 cm³/mol. The third-order valence-electron chi connectivity index (χ3n) is 3.86. The number of phenolic OH excluding ortho intramolecular Hbond substituents is 1. The summed E-state index contributed by atoms with van der Waals surface area (Å²) in [6.07, 6.45) is 1.40. The maximum absolute atomic E-state index is 12.4. The molecule has 0 saturated heterocycles. The maximum Gasteiger partial charge on any atom is 0.240 e. The standard InChI is InChI=1S/C18H14ClN5O4S/c19-12-2-3-13(25)11(5-12)7-20-22-17-21-18(24-23-17)29-8-14(26)10-1-4-15-16(6-10)28-9-27-15/h1-7,25H,8-9H2,(H2,21,22,23,24). The van der Waals surface area contributed by atoms with Crippen LogP contribution in [0.1, 0.15) is 15.9 Å². The number of H-pyrrole nitrogens is 1. The van der Waals surface area contributed by atoms with Gasteiger partial charge in [0.2, 0.25) is 17.9 Å². The molecule has 0 spiro atoms. The molecule has 0 saturated carbocycles. The Hall–Kier alpha value is -3.24. The average Bonchev–Trinajstić information content (AvgIpc) is 3.37. The Morgan fingerprint density at radius 3 is 3.07 bits per heavy atom. The zero-order valence-corrected chi connectivity index (χ0v) is 16.3. The number of aromatic hydroxyl groups is 1. The molecule has 11 heteroatoms. The Labute approximate surface area is 174 Å². The van der Waals surface area contributed by atoms with Gasteiger partial charge in [0, 0.05) is 16.1 Å². The molecule has 2 heterocycles. The summed E-state index contributed by atoms with van der Waals surface area (Å²) in [6, 6.07) is 9.70. The average molecular weight is 432 g/mol. The number of carbonyl (C=O) groups excluding carboxylic acids is 1. The second kappa shape index (κ2) is 8.41. The van der Waals surface area contributed by atoms with Crippen molar-refractivity contribution in [3.8, 4) is 17.2 Å². The van der Waals surface area contributed by atoms with Gasteiger partial charge in [-0.2, -0.15) is 10.1 Å². The molecule has 2 aromatic carbocycles. The number of fused-ring (bicyclic) bond motifs is 1. The molecule has 0 radical (unpaired) electrons. The van der Waals surface area contributed by atoms with Crippen LogP contribution in [0.4, 0.5) is 5.95 Å². The van der Waals surface area contributed by atoms with Crippen molar-refractivity contribution in [2.45, 2.75) is 5.16 Å². The summed E-state index contributed by atoms with van der Waals surface area (Å²) in [6.45, 7) is 0.161. The number of nitrogens with one attached hydrogen (secondary N) is 2. The van der Waals surface area contributed by atoms with Crippen molar-refractivity contribution in [1.29, 1.82) is 0 Å². The van der Waals surface area contributed by atoms with Crippen LogP contribution in [0.25, 0.3) is 0 Å². The Kier molecular flexibility index (Phi) is 5.54. The van der Waals surface area contributed by atoms with Gasteiger partial charge in [0.05, 0.1) is 12.0 Å². The number of aromatic amines is 1. The van der Waals surface area contributed by atoms with Crippen molar-refractivity contribution in [1.82, 2.24) is 15.2 Å². The molecular weight excluding hydrogens is 418 g/mol. The van der Waals surface area contributed by atoms with Crippen LogP contribution >= 0.6 is 23.4 Å². The SMILES string of the molecule is O=C(CSc1n[nH]c(NN=Cc2cc(Cl)ccc2O)n1)c1ccc2c(c1)OCO2. The maximum atomic E-state index is 12.4. The zero-order valence-electron chi connectivity index (χ0n) is 14.8. The number of carbonyl (C=O) groups is 1. The molecule has 29 heavy (non-hydrogen) atoms. The second-order valence-corrected chi connectivity index (χ2v) is 7.20. The number of benzene rings is 2. The van der Waals surface area contributed by atoms with Crippen LogP contribution in [0.3, 0.4) is 0 Å². The summed E-state index contributed by atoms with van der Waals surface area (Å²) >= 11 is 7.07. The van der Waals surface area contributed by atoms with Crippen LogP contribution in [0.15, 0.2) is 46.7 Å². The highest BCUT2D eigenvalue weighted by molar-refractivity contribution is 7.99. The molecule has 1 aliphatic heterocycles. The van der Waals surface area contributed by atoms with Gasteiger partial charge in [0.15, 0.2) is 17.3 Å². The van der Waals surface area contributed by atoms with E-state index in [0.717, 1.165) is 0 Å². The van der Waals surface area contributed by atoms with Crippen molar-refractivity contribution in [2.75, 3.05) is 18.0 Å². The summed E-state index contributed by atoms with van der Waals surface area (Å²) in [5.74, 6) is 1.62. The summed E-state index contributed by atoms with van der Waals surface area (Å²) in [5.41, 5.74) is 3.65. The van der Waals surface area contributed by atoms with Crippen molar-refractivity contribution in [3.05, 3.63) is 52.5 Å².